The molecule has 2 heterocycles. The summed E-state index contributed by atoms with van der Waals surface area (Å²) in [5.41, 5.74) is 1.87. The number of carbonyl (C=O) groups is 3. The standard InChI is InChI=1S/C20H18N2O5/c1-26-17-10-13-12-4-2-3-5-15(12)27-16(13)11-14(17)21-18(23)8-9-22-19(24)6-7-20(22)25/h2-5,10-11H,6-9H2,1H3,(H,21,23). The number of anilines is 1. The van der Waals surface area contributed by atoms with Gasteiger partial charge in [-0.1, -0.05) is 18.2 Å². The van der Waals surface area contributed by atoms with E-state index in [0.717, 1.165) is 21.3 Å². The van der Waals surface area contributed by atoms with Gasteiger partial charge in [-0.25, -0.2) is 0 Å². The Morgan fingerprint density at radius 2 is 1.85 bits per heavy atom. The molecule has 3 amide bonds. The van der Waals surface area contributed by atoms with Gasteiger partial charge in [-0.05, 0) is 12.1 Å². The van der Waals surface area contributed by atoms with Crippen LogP contribution in [0.3, 0.4) is 0 Å². The van der Waals surface area contributed by atoms with E-state index in [1.807, 2.05) is 30.3 Å². The average Bonchev–Trinajstić information content (AvgIpc) is 3.18. The molecule has 4 rings (SSSR count). The zero-order valence-electron chi connectivity index (χ0n) is 14.8. The number of hydrogen-bond acceptors (Lipinski definition) is 5. The van der Waals surface area contributed by atoms with Gasteiger partial charge in [-0.2, -0.15) is 0 Å². The third kappa shape index (κ3) is 3.12. The van der Waals surface area contributed by atoms with Crippen molar-refractivity contribution in [2.45, 2.75) is 19.3 Å². The van der Waals surface area contributed by atoms with Crippen molar-refractivity contribution < 1.29 is 23.5 Å². The summed E-state index contributed by atoms with van der Waals surface area (Å²) in [5, 5.41) is 4.64. The van der Waals surface area contributed by atoms with E-state index < -0.39 is 0 Å². The van der Waals surface area contributed by atoms with Crippen molar-refractivity contribution in [3.63, 3.8) is 0 Å². The molecule has 1 fully saturated rings. The SMILES string of the molecule is COc1cc2c(cc1NC(=O)CCN1C(=O)CCC1=O)oc1ccccc12. The molecule has 7 heteroatoms. The first kappa shape index (κ1) is 17.1. The largest absolute Gasteiger partial charge is 0.495 e. The molecule has 27 heavy (non-hydrogen) atoms. The smallest absolute Gasteiger partial charge is 0.229 e. The Bertz CT molecular complexity index is 1050. The van der Waals surface area contributed by atoms with Crippen LogP contribution in [-0.2, 0) is 14.4 Å². The van der Waals surface area contributed by atoms with Crippen LogP contribution >= 0.6 is 0 Å². The summed E-state index contributed by atoms with van der Waals surface area (Å²) < 4.78 is 11.2. The summed E-state index contributed by atoms with van der Waals surface area (Å²) in [7, 11) is 1.53. The van der Waals surface area contributed by atoms with Crippen molar-refractivity contribution in [2.75, 3.05) is 19.0 Å². The highest BCUT2D eigenvalue weighted by Gasteiger charge is 2.28. The molecule has 1 N–H and O–H groups in total. The maximum absolute atomic E-state index is 12.3. The summed E-state index contributed by atoms with van der Waals surface area (Å²) in [6.07, 6.45) is 0.465. The number of nitrogens with zero attached hydrogens (tertiary/aromatic N) is 1. The van der Waals surface area contributed by atoms with Gasteiger partial charge in [-0.3, -0.25) is 19.3 Å². The maximum atomic E-state index is 12.3. The maximum Gasteiger partial charge on any atom is 0.229 e. The Morgan fingerprint density at radius 1 is 1.11 bits per heavy atom. The first-order valence-electron chi connectivity index (χ1n) is 8.69. The number of likely N-dealkylation sites (tertiary alicyclic amines) is 1. The summed E-state index contributed by atoms with van der Waals surface area (Å²) in [6.45, 7) is 0.0820. The molecule has 0 aliphatic carbocycles. The van der Waals surface area contributed by atoms with Crippen LogP contribution in [0.4, 0.5) is 5.69 Å². The second-order valence-electron chi connectivity index (χ2n) is 6.38. The molecule has 1 aromatic heterocycles. The van der Waals surface area contributed by atoms with Gasteiger partial charge >= 0.3 is 0 Å². The van der Waals surface area contributed by atoms with Gasteiger partial charge in [0.05, 0.1) is 12.8 Å². The Kier molecular flexibility index (Phi) is 4.27. The lowest BCUT2D eigenvalue weighted by molar-refractivity contribution is -0.138. The van der Waals surface area contributed by atoms with E-state index in [9.17, 15) is 14.4 Å². The topological polar surface area (TPSA) is 88.9 Å². The second-order valence-corrected chi connectivity index (χ2v) is 6.38. The summed E-state index contributed by atoms with van der Waals surface area (Å²) >= 11 is 0. The zero-order chi connectivity index (χ0) is 19.0. The third-order valence-corrected chi connectivity index (χ3v) is 4.69. The van der Waals surface area contributed by atoms with Gasteiger partial charge in [0.2, 0.25) is 17.7 Å². The van der Waals surface area contributed by atoms with Crippen LogP contribution in [0.25, 0.3) is 21.9 Å². The highest BCUT2D eigenvalue weighted by molar-refractivity contribution is 6.08. The highest BCUT2D eigenvalue weighted by atomic mass is 16.5. The minimum atomic E-state index is -0.309. The molecule has 2 aromatic carbocycles. The lowest BCUT2D eigenvalue weighted by Gasteiger charge is -2.14. The van der Waals surface area contributed by atoms with Gasteiger partial charge in [0, 0.05) is 42.6 Å². The number of furan rings is 1. The Hall–Kier alpha value is -3.35. The van der Waals surface area contributed by atoms with Crippen molar-refractivity contribution in [2.24, 2.45) is 0 Å². The zero-order valence-corrected chi connectivity index (χ0v) is 14.8. The minimum absolute atomic E-state index is 0.0266. The fourth-order valence-electron chi connectivity index (χ4n) is 3.32. The van der Waals surface area contributed by atoms with Gasteiger partial charge in [0.15, 0.2) is 0 Å². The Morgan fingerprint density at radius 3 is 2.59 bits per heavy atom. The van der Waals surface area contributed by atoms with Crippen molar-refractivity contribution in [1.29, 1.82) is 0 Å². The quantitative estimate of drug-likeness (QED) is 0.701. The minimum Gasteiger partial charge on any atom is -0.495 e. The molecule has 0 bridgehead atoms. The number of fused-ring (bicyclic) bond motifs is 3. The second kappa shape index (κ2) is 6.75. The normalized spacial score (nSPS) is 14.3. The van der Waals surface area contributed by atoms with E-state index in [4.69, 9.17) is 9.15 Å². The Balaban J connectivity index is 1.55. The fourth-order valence-corrected chi connectivity index (χ4v) is 3.32. The van der Waals surface area contributed by atoms with Crippen LogP contribution in [0.5, 0.6) is 5.75 Å². The van der Waals surface area contributed by atoms with Crippen LogP contribution in [0.15, 0.2) is 40.8 Å². The number of ether oxygens (including phenoxy) is 1. The van der Waals surface area contributed by atoms with E-state index in [-0.39, 0.29) is 43.5 Å². The molecule has 3 aromatic rings. The van der Waals surface area contributed by atoms with Gasteiger partial charge < -0.3 is 14.5 Å². The molecule has 1 aliphatic heterocycles. The van der Waals surface area contributed by atoms with Gasteiger partial charge in [0.25, 0.3) is 0 Å². The molecule has 1 saturated heterocycles. The van der Waals surface area contributed by atoms with Crippen LogP contribution in [0, 0.1) is 0 Å². The van der Waals surface area contributed by atoms with Gasteiger partial charge in [-0.15, -0.1) is 0 Å². The predicted molar refractivity (Wildman–Crippen MR) is 99.5 cm³/mol. The number of benzene rings is 2. The van der Waals surface area contributed by atoms with Gasteiger partial charge in [0.1, 0.15) is 16.9 Å². The molecule has 1 aliphatic rings. The molecule has 138 valence electrons. The number of hydrogen-bond donors (Lipinski definition) is 1. The highest BCUT2D eigenvalue weighted by Crippen LogP contribution is 2.36. The van der Waals surface area contributed by atoms with E-state index in [0.29, 0.717) is 17.0 Å². The molecular weight excluding hydrogens is 348 g/mol. The summed E-state index contributed by atoms with van der Waals surface area (Å²) in [4.78, 5) is 36.7. The van der Waals surface area contributed by atoms with E-state index in [1.165, 1.54) is 7.11 Å². The van der Waals surface area contributed by atoms with Crippen molar-refractivity contribution in [1.82, 2.24) is 4.90 Å². The number of rotatable bonds is 5. The molecule has 0 atom stereocenters. The fraction of sp³-hybridized carbons (Fsp3) is 0.250. The lowest BCUT2D eigenvalue weighted by Crippen LogP contribution is -2.32. The average molecular weight is 366 g/mol. The first-order valence-corrected chi connectivity index (χ1v) is 8.69. The van der Waals surface area contributed by atoms with E-state index >= 15 is 0 Å². The third-order valence-electron chi connectivity index (χ3n) is 4.69. The summed E-state index contributed by atoms with van der Waals surface area (Å²) in [6, 6.07) is 11.2. The number of methoxy groups -OCH3 is 1. The monoisotopic (exact) mass is 366 g/mol. The first-order chi connectivity index (χ1) is 13.1. The molecule has 7 nitrogen and oxygen atoms in total. The van der Waals surface area contributed by atoms with Crippen molar-refractivity contribution in [3.8, 4) is 5.75 Å². The lowest BCUT2D eigenvalue weighted by atomic mass is 10.1. The number of carbonyl (C=O) groups excluding carboxylic acids is 3. The predicted octanol–water partition coefficient (Wildman–Crippen LogP) is 3.07. The molecule has 0 saturated carbocycles. The molecule has 0 unspecified atom stereocenters. The van der Waals surface area contributed by atoms with Crippen molar-refractivity contribution in [3.05, 3.63) is 36.4 Å². The van der Waals surface area contributed by atoms with Crippen molar-refractivity contribution >= 4 is 45.3 Å². The molecular formula is C20H18N2O5. The molecule has 0 spiro atoms. The van der Waals surface area contributed by atoms with Crippen LogP contribution in [0.1, 0.15) is 19.3 Å². The van der Waals surface area contributed by atoms with Crippen LogP contribution in [-0.4, -0.2) is 36.3 Å². The number of nitrogens with one attached hydrogen (secondary N) is 1. The molecule has 0 radical (unpaired) electrons. The van der Waals surface area contributed by atoms with Crippen LogP contribution < -0.4 is 10.1 Å². The van der Waals surface area contributed by atoms with E-state index in [2.05, 4.69) is 5.32 Å². The Labute approximate surface area is 154 Å². The van der Waals surface area contributed by atoms with Crippen LogP contribution in [0.2, 0.25) is 0 Å². The number of imide groups is 1. The van der Waals surface area contributed by atoms with E-state index in [1.54, 1.807) is 6.07 Å². The summed E-state index contributed by atoms with van der Waals surface area (Å²) in [5.74, 6) is -0.254. The number of amides is 3. The number of para-hydroxylation sites is 1.